The van der Waals surface area contributed by atoms with Gasteiger partial charge < -0.3 is 15.4 Å². The molecule has 1 heterocycles. The van der Waals surface area contributed by atoms with Crippen LogP contribution in [0, 0.1) is 5.82 Å². The van der Waals surface area contributed by atoms with Crippen LogP contribution in [-0.4, -0.2) is 22.8 Å². The third-order valence-electron chi connectivity index (χ3n) is 6.91. The molecule has 1 aliphatic heterocycles. The first-order valence-electron chi connectivity index (χ1n) is 12.5. The van der Waals surface area contributed by atoms with Crippen LogP contribution >= 0.6 is 34.8 Å². The van der Waals surface area contributed by atoms with Gasteiger partial charge >= 0.3 is 0 Å². The summed E-state index contributed by atoms with van der Waals surface area (Å²) < 4.78 is 20.1. The summed E-state index contributed by atoms with van der Waals surface area (Å²) >= 11 is 18.5. The maximum atomic E-state index is 14.3. The summed E-state index contributed by atoms with van der Waals surface area (Å²) in [7, 11) is 0. The van der Waals surface area contributed by atoms with Crippen LogP contribution in [0.15, 0.2) is 97.1 Å². The van der Waals surface area contributed by atoms with E-state index >= 15 is 0 Å². The summed E-state index contributed by atoms with van der Waals surface area (Å²) in [5.41, 5.74) is 8.63. The Kier molecular flexibility index (Phi) is 8.43. The summed E-state index contributed by atoms with van der Waals surface area (Å²) in [6.07, 6.45) is -1.56. The van der Waals surface area contributed by atoms with Gasteiger partial charge in [-0.05, 0) is 70.8 Å². The van der Waals surface area contributed by atoms with Gasteiger partial charge in [0, 0.05) is 21.5 Å². The molecule has 204 valence electrons. The minimum Gasteiger partial charge on any atom is -0.368 e. The summed E-state index contributed by atoms with van der Waals surface area (Å²) in [4.78, 5) is 28.9. The van der Waals surface area contributed by atoms with Crippen LogP contribution in [0.25, 0.3) is 0 Å². The molecule has 0 aromatic heterocycles. The number of nitrogens with two attached hydrogens (primary N) is 1. The number of hydrogen-bond donors (Lipinski definition) is 1. The second-order valence-electron chi connectivity index (χ2n) is 9.53. The Bertz CT molecular complexity index is 1500. The maximum Gasteiger partial charge on any atom is 0.253 e. The lowest BCUT2D eigenvalue weighted by atomic mass is 9.88. The maximum absolute atomic E-state index is 14.3. The highest BCUT2D eigenvalue weighted by atomic mass is 35.5. The van der Waals surface area contributed by atoms with E-state index in [1.165, 1.54) is 17.0 Å². The molecule has 0 aliphatic carbocycles. The van der Waals surface area contributed by atoms with E-state index in [0.717, 1.165) is 5.56 Å². The van der Waals surface area contributed by atoms with Gasteiger partial charge in [-0.15, -0.1) is 0 Å². The zero-order valence-electron chi connectivity index (χ0n) is 21.0. The lowest BCUT2D eigenvalue weighted by Crippen LogP contribution is -2.55. The van der Waals surface area contributed by atoms with Gasteiger partial charge in [-0.2, -0.15) is 0 Å². The molecule has 5 nitrogen and oxygen atoms in total. The summed E-state index contributed by atoms with van der Waals surface area (Å²) in [6, 6.07) is 24.7. The van der Waals surface area contributed by atoms with E-state index in [-0.39, 0.29) is 12.2 Å². The average Bonchev–Trinajstić information content (AvgIpc) is 2.94. The van der Waals surface area contributed by atoms with Crippen molar-refractivity contribution in [2.24, 2.45) is 5.73 Å². The van der Waals surface area contributed by atoms with E-state index < -0.39 is 36.1 Å². The molecule has 0 saturated carbocycles. The first-order chi connectivity index (χ1) is 19.2. The van der Waals surface area contributed by atoms with E-state index in [9.17, 15) is 14.0 Å². The number of benzene rings is 4. The van der Waals surface area contributed by atoms with Gasteiger partial charge in [0.1, 0.15) is 24.1 Å². The minimum atomic E-state index is -1.14. The summed E-state index contributed by atoms with van der Waals surface area (Å²) in [5.74, 6) is -1.54. The fraction of sp³-hybridized carbons (Fsp3) is 0.161. The Morgan fingerprint density at radius 3 is 1.82 bits per heavy atom. The molecule has 0 spiro atoms. The number of hydrogen-bond acceptors (Lipinski definition) is 3. The first kappa shape index (κ1) is 28.1. The molecule has 1 fully saturated rings. The predicted octanol–water partition coefficient (Wildman–Crippen LogP) is 7.27. The van der Waals surface area contributed by atoms with Gasteiger partial charge in [-0.3, -0.25) is 9.59 Å². The van der Waals surface area contributed by atoms with Crippen LogP contribution in [0.3, 0.4) is 0 Å². The van der Waals surface area contributed by atoms with Gasteiger partial charge in [-0.1, -0.05) is 83.3 Å². The highest BCUT2D eigenvalue weighted by molar-refractivity contribution is 6.31. The fourth-order valence-electron chi connectivity index (χ4n) is 5.03. The number of carbonyl (C=O) groups excluding carboxylic acids is 2. The number of nitrogens with zero attached hydrogens (tertiary/aromatic N) is 1. The van der Waals surface area contributed by atoms with Crippen molar-refractivity contribution in [3.05, 3.63) is 140 Å². The Hall–Kier alpha value is -3.42. The molecule has 0 bridgehead atoms. The zero-order valence-corrected chi connectivity index (χ0v) is 23.3. The third kappa shape index (κ3) is 6.01. The Morgan fingerprint density at radius 1 is 0.800 bits per heavy atom. The van der Waals surface area contributed by atoms with Crippen molar-refractivity contribution >= 4 is 46.6 Å². The van der Waals surface area contributed by atoms with Crippen LogP contribution in [-0.2, 0) is 20.7 Å². The topological polar surface area (TPSA) is 72.6 Å². The van der Waals surface area contributed by atoms with E-state index in [4.69, 9.17) is 45.3 Å². The van der Waals surface area contributed by atoms with Crippen LogP contribution in [0.1, 0.15) is 40.4 Å². The number of halogens is 4. The Balaban J connectivity index is 1.68. The van der Waals surface area contributed by atoms with Gasteiger partial charge in [0.05, 0.1) is 6.04 Å². The van der Waals surface area contributed by atoms with Crippen molar-refractivity contribution in [2.45, 2.75) is 30.7 Å². The number of amides is 2. The Morgan fingerprint density at radius 2 is 1.30 bits per heavy atom. The number of carbonyl (C=O) groups is 2. The normalized spacial score (nSPS) is 19.9. The van der Waals surface area contributed by atoms with Gasteiger partial charge in [0.2, 0.25) is 5.91 Å². The lowest BCUT2D eigenvalue weighted by molar-refractivity contribution is -0.181. The molecule has 2 amide bonds. The molecule has 1 aliphatic rings. The molecule has 9 heteroatoms. The fourth-order valence-corrected chi connectivity index (χ4v) is 5.41. The molecule has 1 saturated heterocycles. The van der Waals surface area contributed by atoms with E-state index in [0.29, 0.717) is 31.8 Å². The minimum absolute atomic E-state index is 0.152. The molecule has 2 N–H and O–H groups in total. The van der Waals surface area contributed by atoms with Crippen molar-refractivity contribution < 1.29 is 18.7 Å². The molecular weight excluding hydrogens is 574 g/mol. The summed E-state index contributed by atoms with van der Waals surface area (Å²) in [5, 5.41) is 1.53. The highest BCUT2D eigenvalue weighted by Crippen LogP contribution is 2.46. The number of primary amides is 1. The molecule has 4 aromatic rings. The van der Waals surface area contributed by atoms with Crippen molar-refractivity contribution in [1.82, 2.24) is 4.90 Å². The van der Waals surface area contributed by atoms with Crippen LogP contribution in [0.5, 0.6) is 0 Å². The van der Waals surface area contributed by atoms with Gasteiger partial charge in [0.15, 0.2) is 0 Å². The van der Waals surface area contributed by atoms with Crippen LogP contribution in [0.4, 0.5) is 4.39 Å². The van der Waals surface area contributed by atoms with Crippen molar-refractivity contribution in [3.63, 3.8) is 0 Å². The highest BCUT2D eigenvalue weighted by Gasteiger charge is 2.48. The molecule has 5 rings (SSSR count). The monoisotopic (exact) mass is 596 g/mol. The molecular formula is C31H24Cl3FN2O3. The van der Waals surface area contributed by atoms with Crippen molar-refractivity contribution in [2.75, 3.05) is 0 Å². The molecule has 0 unspecified atom stereocenters. The van der Waals surface area contributed by atoms with Crippen molar-refractivity contribution in [1.29, 1.82) is 0 Å². The second kappa shape index (κ2) is 12.0. The van der Waals surface area contributed by atoms with Crippen LogP contribution in [0.2, 0.25) is 15.1 Å². The average molecular weight is 598 g/mol. The summed E-state index contributed by atoms with van der Waals surface area (Å²) in [6.45, 7) is 0. The van der Waals surface area contributed by atoms with Gasteiger partial charge in [-0.25, -0.2) is 4.39 Å². The number of ether oxygens (including phenoxy) is 1. The molecule has 4 aromatic carbocycles. The predicted molar refractivity (Wildman–Crippen MR) is 154 cm³/mol. The number of morpholine rings is 1. The number of rotatable bonds is 7. The SMILES string of the molecule is NC(=O)[C@H](c1ccc(Cl)cc1)N1C(=O)[C@H](Cc2ccc(F)cc2)O[C@@H](c2ccc(Cl)cc2)[C@H]1c1ccc(Cl)cc1. The molecule has 4 atom stereocenters. The lowest BCUT2D eigenvalue weighted by Gasteiger charge is -2.47. The smallest absolute Gasteiger partial charge is 0.253 e. The third-order valence-corrected chi connectivity index (χ3v) is 7.66. The van der Waals surface area contributed by atoms with Crippen molar-refractivity contribution in [3.8, 4) is 0 Å². The van der Waals surface area contributed by atoms with Crippen LogP contribution < -0.4 is 5.73 Å². The second-order valence-corrected chi connectivity index (χ2v) is 10.8. The molecule has 0 radical (unpaired) electrons. The van der Waals surface area contributed by atoms with E-state index in [1.807, 2.05) is 12.1 Å². The largest absolute Gasteiger partial charge is 0.368 e. The first-order valence-corrected chi connectivity index (χ1v) is 13.6. The quantitative estimate of drug-likeness (QED) is 0.244. The van der Waals surface area contributed by atoms with Gasteiger partial charge in [0.25, 0.3) is 5.91 Å². The van der Waals surface area contributed by atoms with E-state index in [1.54, 1.807) is 72.8 Å². The zero-order chi connectivity index (χ0) is 28.4. The Labute approximate surface area is 246 Å². The molecule has 40 heavy (non-hydrogen) atoms. The standard InChI is InChI=1S/C31H24Cl3FN2O3/c32-22-9-3-19(4-10-22)27-29(21-7-13-24(34)14-8-21)40-26(17-18-1-15-25(35)16-2-18)31(39)37(27)28(30(36)38)20-5-11-23(33)12-6-20/h1-16,26-29H,17H2,(H2,36,38)/t26-,27+,28-,29-/m0/s1. The van der Waals surface area contributed by atoms with E-state index in [2.05, 4.69) is 0 Å².